The van der Waals surface area contributed by atoms with Crippen LogP contribution in [0.4, 0.5) is 0 Å². The summed E-state index contributed by atoms with van der Waals surface area (Å²) in [5.41, 5.74) is 0. The van der Waals surface area contributed by atoms with Crippen molar-refractivity contribution in [3.05, 3.63) is 0 Å². The van der Waals surface area contributed by atoms with Crippen molar-refractivity contribution in [1.82, 2.24) is 0 Å². The Morgan fingerprint density at radius 1 is 0.667 bits per heavy atom. The van der Waals surface area contributed by atoms with E-state index < -0.39 is 0 Å². The minimum absolute atomic E-state index is 0.219. The molecule has 2 unspecified atom stereocenters. The molecule has 0 aromatic carbocycles. The Bertz CT molecular complexity index is 338. The number of unbranched alkanes of at least 4 members (excludes halogenated alkanes) is 2. The van der Waals surface area contributed by atoms with Gasteiger partial charge in [-0.3, -0.25) is 9.59 Å². The summed E-state index contributed by atoms with van der Waals surface area (Å²) in [6.07, 6.45) is 8.62. The van der Waals surface area contributed by atoms with Crippen molar-refractivity contribution in [1.29, 1.82) is 0 Å². The van der Waals surface area contributed by atoms with Crippen LogP contribution in [0.5, 0.6) is 0 Å². The maximum atomic E-state index is 11.6. The van der Waals surface area contributed by atoms with Crippen LogP contribution < -0.4 is 0 Å². The summed E-state index contributed by atoms with van der Waals surface area (Å²) < 4.78 is 10.2. The Labute approximate surface area is 164 Å². The second kappa shape index (κ2) is 18.2. The molecule has 160 valence electrons. The molecule has 27 heavy (non-hydrogen) atoms. The van der Waals surface area contributed by atoms with E-state index >= 15 is 0 Å². The number of carbonyl (C=O) groups is 2. The molecule has 0 heterocycles. The molecule has 6 heteroatoms. The molecule has 2 N–H and O–H groups in total. The van der Waals surface area contributed by atoms with Gasteiger partial charge in [0.15, 0.2) is 0 Å². The molecule has 0 aromatic rings. The van der Waals surface area contributed by atoms with E-state index in [2.05, 4.69) is 0 Å². The second-order valence-electron chi connectivity index (χ2n) is 7.17. The largest absolute Gasteiger partial charge is 0.466 e. The molecule has 2 atom stereocenters. The van der Waals surface area contributed by atoms with Crippen molar-refractivity contribution in [2.45, 2.75) is 110 Å². The predicted molar refractivity (Wildman–Crippen MR) is 105 cm³/mol. The van der Waals surface area contributed by atoms with Gasteiger partial charge in [-0.05, 0) is 57.8 Å². The first kappa shape index (κ1) is 25.9. The van der Waals surface area contributed by atoms with Gasteiger partial charge in [0.2, 0.25) is 0 Å². The topological polar surface area (TPSA) is 93.1 Å². The number of ether oxygens (including phenoxy) is 2. The fourth-order valence-electron chi connectivity index (χ4n) is 2.81. The van der Waals surface area contributed by atoms with E-state index in [9.17, 15) is 19.8 Å². The van der Waals surface area contributed by atoms with E-state index in [0.717, 1.165) is 64.2 Å². The Hall–Kier alpha value is -1.14. The average Bonchev–Trinajstić information content (AvgIpc) is 2.61. The molecule has 0 amide bonds. The molecule has 0 aliphatic carbocycles. The maximum Gasteiger partial charge on any atom is 0.305 e. The van der Waals surface area contributed by atoms with Crippen molar-refractivity contribution in [3.63, 3.8) is 0 Å². The number of esters is 2. The van der Waals surface area contributed by atoms with E-state index in [0.29, 0.717) is 19.6 Å². The van der Waals surface area contributed by atoms with Gasteiger partial charge in [-0.1, -0.05) is 26.7 Å². The van der Waals surface area contributed by atoms with Crippen LogP contribution in [0.3, 0.4) is 0 Å². The molecule has 0 radical (unpaired) electrons. The number of rotatable bonds is 18. The van der Waals surface area contributed by atoms with Crippen LogP contribution in [0.2, 0.25) is 0 Å². The Morgan fingerprint density at radius 3 is 1.44 bits per heavy atom. The molecular formula is C21H40O6. The van der Waals surface area contributed by atoms with E-state index in [4.69, 9.17) is 9.47 Å². The van der Waals surface area contributed by atoms with Gasteiger partial charge in [0.25, 0.3) is 0 Å². The predicted octanol–water partition coefficient (Wildman–Crippen LogP) is 3.91. The lowest BCUT2D eigenvalue weighted by Crippen LogP contribution is -2.10. The highest BCUT2D eigenvalue weighted by atomic mass is 16.5. The van der Waals surface area contributed by atoms with Crippen molar-refractivity contribution < 1.29 is 29.3 Å². The summed E-state index contributed by atoms with van der Waals surface area (Å²) in [6.45, 7) is 4.82. The number of hydrogen-bond acceptors (Lipinski definition) is 6. The smallest absolute Gasteiger partial charge is 0.305 e. The zero-order valence-electron chi connectivity index (χ0n) is 17.3. The maximum absolute atomic E-state index is 11.6. The molecule has 0 rings (SSSR count). The lowest BCUT2D eigenvalue weighted by Gasteiger charge is -2.09. The minimum Gasteiger partial charge on any atom is -0.466 e. The summed E-state index contributed by atoms with van der Waals surface area (Å²) >= 11 is 0. The van der Waals surface area contributed by atoms with Crippen LogP contribution in [0.25, 0.3) is 0 Å². The molecule has 0 saturated carbocycles. The summed E-state index contributed by atoms with van der Waals surface area (Å²) in [5, 5.41) is 19.2. The minimum atomic E-state index is -0.290. The van der Waals surface area contributed by atoms with Gasteiger partial charge >= 0.3 is 11.9 Å². The van der Waals surface area contributed by atoms with Crippen molar-refractivity contribution in [3.8, 4) is 0 Å². The first-order valence-electron chi connectivity index (χ1n) is 10.7. The number of aliphatic hydroxyl groups excluding tert-OH is 2. The Balaban J connectivity index is 3.46. The zero-order valence-corrected chi connectivity index (χ0v) is 17.3. The molecule has 0 aromatic heterocycles. The third-order valence-corrected chi connectivity index (χ3v) is 4.40. The molecule has 0 aliphatic rings. The molecular weight excluding hydrogens is 348 g/mol. The van der Waals surface area contributed by atoms with Gasteiger partial charge in [0, 0.05) is 12.8 Å². The first-order chi connectivity index (χ1) is 13.0. The lowest BCUT2D eigenvalue weighted by molar-refractivity contribution is -0.145. The molecule has 0 aliphatic heterocycles. The van der Waals surface area contributed by atoms with Crippen LogP contribution in [-0.4, -0.2) is 47.6 Å². The average molecular weight is 389 g/mol. The van der Waals surface area contributed by atoms with E-state index in [1.807, 2.05) is 13.8 Å². The Morgan fingerprint density at radius 2 is 1.07 bits per heavy atom. The van der Waals surface area contributed by atoms with E-state index in [-0.39, 0.29) is 37.0 Å². The fraction of sp³-hybridized carbons (Fsp3) is 0.905. The monoisotopic (exact) mass is 388 g/mol. The zero-order chi connectivity index (χ0) is 20.3. The van der Waals surface area contributed by atoms with E-state index in [1.165, 1.54) is 0 Å². The highest BCUT2D eigenvalue weighted by Gasteiger charge is 2.08. The second-order valence-corrected chi connectivity index (χ2v) is 7.17. The summed E-state index contributed by atoms with van der Waals surface area (Å²) in [5.74, 6) is -0.580. The molecule has 0 spiro atoms. The number of aliphatic hydroxyl groups is 2. The van der Waals surface area contributed by atoms with Crippen LogP contribution in [-0.2, 0) is 19.1 Å². The lowest BCUT2D eigenvalue weighted by atomic mass is 10.1. The summed E-state index contributed by atoms with van der Waals surface area (Å²) in [7, 11) is 0. The summed E-state index contributed by atoms with van der Waals surface area (Å²) in [4.78, 5) is 23.2. The number of carbonyl (C=O) groups excluding carboxylic acids is 2. The number of hydrogen-bond donors (Lipinski definition) is 2. The standard InChI is InChI=1S/C21H40O6/c1-3-10-18(22)12-5-7-16-26-20(24)14-9-15-21(25)27-17-8-6-13-19(23)11-4-2/h18-19,22-23H,3-17H2,1-2H3. The SMILES string of the molecule is CCCC(O)CCCCOC(=O)CCCC(=O)OCCCCC(O)CCC. The van der Waals surface area contributed by atoms with Crippen LogP contribution in [0, 0.1) is 0 Å². The van der Waals surface area contributed by atoms with Crippen molar-refractivity contribution >= 4 is 11.9 Å². The Kier molecular flexibility index (Phi) is 17.5. The van der Waals surface area contributed by atoms with Crippen LogP contribution in [0.15, 0.2) is 0 Å². The molecule has 0 saturated heterocycles. The van der Waals surface area contributed by atoms with Crippen LogP contribution >= 0.6 is 0 Å². The van der Waals surface area contributed by atoms with Gasteiger partial charge < -0.3 is 19.7 Å². The highest BCUT2D eigenvalue weighted by Crippen LogP contribution is 2.08. The fourth-order valence-corrected chi connectivity index (χ4v) is 2.81. The third kappa shape index (κ3) is 18.0. The van der Waals surface area contributed by atoms with Gasteiger partial charge in [-0.2, -0.15) is 0 Å². The normalized spacial score (nSPS) is 13.2. The quantitative estimate of drug-likeness (QED) is 0.273. The van der Waals surface area contributed by atoms with Gasteiger partial charge in [-0.25, -0.2) is 0 Å². The molecule has 0 bridgehead atoms. The third-order valence-electron chi connectivity index (χ3n) is 4.40. The first-order valence-corrected chi connectivity index (χ1v) is 10.7. The van der Waals surface area contributed by atoms with Gasteiger partial charge in [-0.15, -0.1) is 0 Å². The summed E-state index contributed by atoms with van der Waals surface area (Å²) in [6, 6.07) is 0. The molecule has 6 nitrogen and oxygen atoms in total. The van der Waals surface area contributed by atoms with Crippen molar-refractivity contribution in [2.75, 3.05) is 13.2 Å². The van der Waals surface area contributed by atoms with Crippen LogP contribution in [0.1, 0.15) is 97.3 Å². The highest BCUT2D eigenvalue weighted by molar-refractivity contribution is 5.72. The van der Waals surface area contributed by atoms with Gasteiger partial charge in [0.1, 0.15) is 0 Å². The van der Waals surface area contributed by atoms with Gasteiger partial charge in [0.05, 0.1) is 25.4 Å². The van der Waals surface area contributed by atoms with E-state index in [1.54, 1.807) is 0 Å². The molecule has 0 fully saturated rings. The van der Waals surface area contributed by atoms with Crippen molar-refractivity contribution in [2.24, 2.45) is 0 Å².